The van der Waals surface area contributed by atoms with Crippen molar-refractivity contribution in [1.29, 1.82) is 0 Å². The molecule has 31 heavy (non-hydrogen) atoms. The maximum absolute atomic E-state index is 13.6. The van der Waals surface area contributed by atoms with E-state index in [1.54, 1.807) is 23.1 Å². The van der Waals surface area contributed by atoms with Gasteiger partial charge in [-0.3, -0.25) is 4.79 Å². The number of nitrogens with one attached hydrogen (secondary N) is 1. The van der Waals surface area contributed by atoms with Crippen molar-refractivity contribution in [2.75, 3.05) is 11.9 Å². The summed E-state index contributed by atoms with van der Waals surface area (Å²) in [7, 11) is 0. The Morgan fingerprint density at radius 2 is 1.94 bits per heavy atom. The first kappa shape index (κ1) is 21.3. The smallest absolute Gasteiger partial charge is 0.237 e. The van der Waals surface area contributed by atoms with Crippen LogP contribution in [0.1, 0.15) is 19.7 Å². The zero-order chi connectivity index (χ0) is 22.3. The maximum Gasteiger partial charge on any atom is 0.237 e. The number of imidazole rings is 1. The molecule has 0 bridgehead atoms. The average molecular weight is 446 g/mol. The molecule has 1 amide bonds. The molecule has 0 fully saturated rings. The van der Waals surface area contributed by atoms with E-state index >= 15 is 0 Å². The highest BCUT2D eigenvalue weighted by molar-refractivity contribution is 6.31. The third-order valence-electron chi connectivity index (χ3n) is 5.40. The van der Waals surface area contributed by atoms with Gasteiger partial charge in [-0.25, -0.2) is 13.8 Å². The Labute approximate surface area is 183 Å². The first-order valence-electron chi connectivity index (χ1n) is 9.77. The lowest BCUT2D eigenvalue weighted by molar-refractivity contribution is -0.137. The molecule has 4 rings (SSSR count). The number of hydrogen-bond acceptors (Lipinski definition) is 4. The van der Waals surface area contributed by atoms with Crippen LogP contribution in [0, 0.1) is 11.6 Å². The van der Waals surface area contributed by atoms with Crippen LogP contribution in [-0.4, -0.2) is 32.4 Å². The number of rotatable bonds is 4. The minimum Gasteiger partial charge on any atom is -0.340 e. The average Bonchev–Trinajstić information content (AvgIpc) is 3.06. The number of carbonyl (C=O) groups excluding carboxylic acids is 1. The predicted molar refractivity (Wildman–Crippen MR) is 116 cm³/mol. The van der Waals surface area contributed by atoms with E-state index in [0.717, 1.165) is 0 Å². The van der Waals surface area contributed by atoms with E-state index in [1.807, 2.05) is 18.4 Å². The Morgan fingerprint density at radius 1 is 1.23 bits per heavy atom. The van der Waals surface area contributed by atoms with Crippen molar-refractivity contribution in [1.82, 2.24) is 14.5 Å². The van der Waals surface area contributed by atoms with Gasteiger partial charge in [-0.05, 0) is 56.3 Å². The number of anilines is 2. The number of nitrogens with two attached hydrogens (primary N) is 1. The van der Waals surface area contributed by atoms with Gasteiger partial charge < -0.3 is 20.5 Å². The number of carbonyl (C=O) groups is 1. The lowest BCUT2D eigenvalue weighted by Crippen LogP contribution is -2.55. The highest BCUT2D eigenvalue weighted by atomic mass is 35.5. The molecule has 0 radical (unpaired) electrons. The molecule has 0 atom stereocenters. The Kier molecular flexibility index (Phi) is 5.45. The molecule has 9 heteroatoms. The molecule has 0 saturated heterocycles. The van der Waals surface area contributed by atoms with Gasteiger partial charge in [-0.15, -0.1) is 0 Å². The van der Waals surface area contributed by atoms with Gasteiger partial charge in [0.05, 0.1) is 23.7 Å². The molecule has 0 unspecified atom stereocenters. The maximum atomic E-state index is 13.6. The zero-order valence-electron chi connectivity index (χ0n) is 17.1. The Hall–Kier alpha value is -2.97. The van der Waals surface area contributed by atoms with E-state index < -0.39 is 11.4 Å². The van der Waals surface area contributed by atoms with Crippen LogP contribution in [0.5, 0.6) is 0 Å². The summed E-state index contributed by atoms with van der Waals surface area (Å²) in [5, 5.41) is 3.28. The van der Waals surface area contributed by atoms with Crippen molar-refractivity contribution in [3.05, 3.63) is 64.9 Å². The number of halogens is 3. The van der Waals surface area contributed by atoms with Gasteiger partial charge in [0, 0.05) is 17.8 Å². The SMILES string of the molecule is CC1(C)Cn2c(nc(-c3ccc(F)cc3)c2Nc2ccc(F)c(Cl)c2)CN1C(=O)CN. The number of amides is 1. The fraction of sp³-hybridized carbons (Fsp3) is 0.273. The molecule has 1 aliphatic heterocycles. The molecule has 6 nitrogen and oxygen atoms in total. The van der Waals surface area contributed by atoms with Crippen LogP contribution in [0.4, 0.5) is 20.3 Å². The molecule has 0 spiro atoms. The van der Waals surface area contributed by atoms with Gasteiger partial charge in [-0.1, -0.05) is 11.6 Å². The van der Waals surface area contributed by atoms with E-state index in [2.05, 4.69) is 5.32 Å². The summed E-state index contributed by atoms with van der Waals surface area (Å²) in [5.74, 6) is 0.280. The predicted octanol–water partition coefficient (Wildman–Crippen LogP) is 4.30. The molecular formula is C22H22ClF2N5O. The minimum absolute atomic E-state index is 0.00763. The molecule has 1 aliphatic rings. The Morgan fingerprint density at radius 3 is 2.58 bits per heavy atom. The Bertz CT molecular complexity index is 1140. The minimum atomic E-state index is -0.515. The summed E-state index contributed by atoms with van der Waals surface area (Å²) in [4.78, 5) is 18.9. The van der Waals surface area contributed by atoms with Crippen LogP contribution in [0.25, 0.3) is 11.3 Å². The number of benzene rings is 2. The summed E-state index contributed by atoms with van der Waals surface area (Å²) in [5.41, 5.74) is 6.96. The van der Waals surface area contributed by atoms with Crippen molar-refractivity contribution in [3.8, 4) is 11.3 Å². The van der Waals surface area contributed by atoms with Crippen LogP contribution < -0.4 is 11.1 Å². The van der Waals surface area contributed by atoms with Gasteiger partial charge in [0.15, 0.2) is 0 Å². The summed E-state index contributed by atoms with van der Waals surface area (Å²) in [6.07, 6.45) is 0. The first-order valence-corrected chi connectivity index (χ1v) is 10.2. The summed E-state index contributed by atoms with van der Waals surface area (Å²) >= 11 is 5.95. The zero-order valence-corrected chi connectivity index (χ0v) is 17.9. The number of hydrogen-bond donors (Lipinski definition) is 2. The normalized spacial score (nSPS) is 15.0. The molecule has 3 aromatic rings. The monoisotopic (exact) mass is 445 g/mol. The second kappa shape index (κ2) is 7.94. The first-order chi connectivity index (χ1) is 14.7. The quantitative estimate of drug-likeness (QED) is 0.627. The lowest BCUT2D eigenvalue weighted by Gasteiger charge is -2.42. The number of aromatic nitrogens is 2. The number of nitrogens with zero attached hydrogens (tertiary/aromatic N) is 3. The van der Waals surface area contributed by atoms with E-state index in [1.165, 1.54) is 24.3 Å². The molecule has 0 saturated carbocycles. The fourth-order valence-electron chi connectivity index (χ4n) is 3.80. The van der Waals surface area contributed by atoms with Gasteiger partial charge >= 0.3 is 0 Å². The third-order valence-corrected chi connectivity index (χ3v) is 5.69. The van der Waals surface area contributed by atoms with Gasteiger partial charge in [0.1, 0.15) is 29.0 Å². The summed E-state index contributed by atoms with van der Waals surface area (Å²) in [6.45, 7) is 4.57. The summed E-state index contributed by atoms with van der Waals surface area (Å²) in [6, 6.07) is 10.3. The van der Waals surface area contributed by atoms with Crippen LogP contribution in [0.3, 0.4) is 0 Å². The topological polar surface area (TPSA) is 76.2 Å². The van der Waals surface area contributed by atoms with Crippen LogP contribution in [-0.2, 0) is 17.9 Å². The molecule has 3 N–H and O–H groups in total. The van der Waals surface area contributed by atoms with Gasteiger partial charge in [-0.2, -0.15) is 0 Å². The van der Waals surface area contributed by atoms with E-state index in [-0.39, 0.29) is 29.8 Å². The number of fused-ring (bicyclic) bond motifs is 1. The molecular weight excluding hydrogens is 424 g/mol. The third kappa shape index (κ3) is 4.00. The largest absolute Gasteiger partial charge is 0.340 e. The highest BCUT2D eigenvalue weighted by Crippen LogP contribution is 2.37. The van der Waals surface area contributed by atoms with Crippen LogP contribution in [0.15, 0.2) is 42.5 Å². The molecule has 2 aromatic carbocycles. The van der Waals surface area contributed by atoms with Crippen LogP contribution in [0.2, 0.25) is 5.02 Å². The van der Waals surface area contributed by atoms with Crippen molar-refractivity contribution in [3.63, 3.8) is 0 Å². The van der Waals surface area contributed by atoms with E-state index in [0.29, 0.717) is 35.1 Å². The van der Waals surface area contributed by atoms with Crippen molar-refractivity contribution < 1.29 is 13.6 Å². The molecule has 1 aromatic heterocycles. The second-order valence-electron chi connectivity index (χ2n) is 8.07. The summed E-state index contributed by atoms with van der Waals surface area (Å²) < 4.78 is 29.1. The molecule has 2 heterocycles. The van der Waals surface area contributed by atoms with Crippen molar-refractivity contribution in [2.45, 2.75) is 32.5 Å². The standard InChI is InChI=1S/C22H22ClF2N5O/c1-22(2)12-29-18(11-30(22)19(31)10-26)28-20(13-3-5-14(24)6-4-13)21(29)27-15-7-8-17(25)16(23)9-15/h3-9,27H,10-12,26H2,1-2H3. The van der Waals surface area contributed by atoms with Crippen LogP contribution >= 0.6 is 11.6 Å². The van der Waals surface area contributed by atoms with E-state index in [9.17, 15) is 13.6 Å². The van der Waals surface area contributed by atoms with Gasteiger partial charge in [0.25, 0.3) is 0 Å². The lowest BCUT2D eigenvalue weighted by atomic mass is 9.99. The van der Waals surface area contributed by atoms with E-state index in [4.69, 9.17) is 22.3 Å². The van der Waals surface area contributed by atoms with Crippen molar-refractivity contribution in [2.24, 2.45) is 5.73 Å². The second-order valence-corrected chi connectivity index (χ2v) is 8.48. The molecule has 0 aliphatic carbocycles. The van der Waals surface area contributed by atoms with Gasteiger partial charge in [0.2, 0.25) is 5.91 Å². The fourth-order valence-corrected chi connectivity index (χ4v) is 3.98. The Balaban J connectivity index is 1.84. The highest BCUT2D eigenvalue weighted by Gasteiger charge is 2.38. The van der Waals surface area contributed by atoms with Crippen molar-refractivity contribution >= 4 is 29.0 Å². The molecule has 162 valence electrons.